The minimum Gasteiger partial charge on any atom is -0.491 e. The fourth-order valence-corrected chi connectivity index (χ4v) is 4.03. The van der Waals surface area contributed by atoms with E-state index in [0.717, 1.165) is 17.8 Å². The molecule has 1 heterocycles. The van der Waals surface area contributed by atoms with Crippen LogP contribution in [0.1, 0.15) is 15.9 Å². The Morgan fingerprint density at radius 3 is 2.49 bits per heavy atom. The van der Waals surface area contributed by atoms with Gasteiger partial charge in [-0.25, -0.2) is 13.2 Å². The molecule has 8 heteroatoms. The lowest BCUT2D eigenvalue weighted by Crippen LogP contribution is -2.34. The molecule has 0 aliphatic rings. The van der Waals surface area contributed by atoms with Gasteiger partial charge >= 0.3 is 0 Å². The number of hydrogen-bond acceptors (Lipinski definition) is 3. The van der Waals surface area contributed by atoms with Crippen molar-refractivity contribution in [3.05, 3.63) is 83.3 Å². The number of ether oxygens (including phenoxy) is 1. The normalized spacial score (nSPS) is 11.7. The molecule has 0 radical (unpaired) electrons. The second-order valence-electron chi connectivity index (χ2n) is 9.18. The monoisotopic (exact) mass is 483 g/mol. The Kier molecular flexibility index (Phi) is 6.69. The molecule has 0 spiro atoms. The van der Waals surface area contributed by atoms with Crippen LogP contribution in [0.15, 0.2) is 54.7 Å². The number of ketones is 1. The molecule has 3 aromatic carbocycles. The highest BCUT2D eigenvalue weighted by Crippen LogP contribution is 2.36. The number of benzene rings is 3. The van der Waals surface area contributed by atoms with E-state index in [9.17, 15) is 23.1 Å². The molecule has 0 atom stereocenters. The summed E-state index contributed by atoms with van der Waals surface area (Å²) in [5.41, 5.74) is 3.04. The predicted octanol–water partition coefficient (Wildman–Crippen LogP) is 5.25. The summed E-state index contributed by atoms with van der Waals surface area (Å²) in [6, 6.07) is 12.0. The van der Waals surface area contributed by atoms with Crippen molar-refractivity contribution in [2.75, 3.05) is 34.4 Å². The van der Waals surface area contributed by atoms with Crippen molar-refractivity contribution in [2.24, 2.45) is 0 Å². The van der Waals surface area contributed by atoms with Gasteiger partial charge in [0.05, 0.1) is 27.7 Å². The topological polar surface area (TPSA) is 62.3 Å². The van der Waals surface area contributed by atoms with E-state index in [2.05, 4.69) is 4.98 Å². The van der Waals surface area contributed by atoms with Crippen molar-refractivity contribution in [2.45, 2.75) is 6.42 Å². The van der Waals surface area contributed by atoms with Gasteiger partial charge in [0, 0.05) is 52.8 Å². The minimum absolute atomic E-state index is 0.0828. The predicted molar refractivity (Wildman–Crippen MR) is 130 cm³/mol. The zero-order valence-corrected chi connectivity index (χ0v) is 19.7. The maximum absolute atomic E-state index is 14.6. The Labute approximate surface area is 201 Å². The number of aromatic amines is 1. The highest BCUT2D eigenvalue weighted by atomic mass is 19.2. The number of fused-ring (bicyclic) bond motifs is 1. The van der Waals surface area contributed by atoms with Crippen LogP contribution in [0, 0.1) is 17.5 Å². The van der Waals surface area contributed by atoms with Gasteiger partial charge in [0.1, 0.15) is 23.9 Å². The zero-order valence-electron chi connectivity index (χ0n) is 19.7. The molecule has 1 aromatic heterocycles. The first-order valence-corrected chi connectivity index (χ1v) is 11.1. The van der Waals surface area contributed by atoms with Gasteiger partial charge in [-0.1, -0.05) is 12.1 Å². The molecule has 0 saturated heterocycles. The summed E-state index contributed by atoms with van der Waals surface area (Å²) in [6.45, 7) is -0.371. The van der Waals surface area contributed by atoms with E-state index in [0.29, 0.717) is 26.7 Å². The number of hydrogen-bond donors (Lipinski definition) is 2. The third kappa shape index (κ3) is 5.08. The Bertz CT molecular complexity index is 1410. The molecule has 182 valence electrons. The summed E-state index contributed by atoms with van der Waals surface area (Å²) in [5.74, 6) is -2.88. The quantitative estimate of drug-likeness (QED) is 0.266. The van der Waals surface area contributed by atoms with Gasteiger partial charge in [0.25, 0.3) is 0 Å². The number of nitrogens with one attached hydrogen (secondary N) is 1. The first-order chi connectivity index (χ1) is 16.6. The van der Waals surface area contributed by atoms with Crippen LogP contribution in [-0.4, -0.2) is 50.2 Å². The Hall–Kier alpha value is -3.62. The van der Waals surface area contributed by atoms with Crippen molar-refractivity contribution >= 4 is 22.4 Å². The van der Waals surface area contributed by atoms with Crippen LogP contribution in [0.3, 0.4) is 0 Å². The van der Waals surface area contributed by atoms with E-state index in [1.807, 2.05) is 45.4 Å². The number of carbonyl (C=O) groups is 1. The SMILES string of the molecule is C[N+](C)(C)c1cccc(-c2cc(F)cc(OCCO)c2CC(=O)c2c[nH]c3cc(F)c(F)cc23)c1. The van der Waals surface area contributed by atoms with E-state index < -0.39 is 17.5 Å². The molecule has 0 aliphatic heterocycles. The maximum atomic E-state index is 14.6. The second kappa shape index (κ2) is 9.56. The molecule has 0 aliphatic carbocycles. The van der Waals surface area contributed by atoms with Gasteiger partial charge in [-0.3, -0.25) is 9.28 Å². The molecular weight excluding hydrogens is 457 g/mol. The maximum Gasteiger partial charge on any atom is 0.169 e. The molecule has 0 fully saturated rings. The summed E-state index contributed by atoms with van der Waals surface area (Å²) in [5, 5.41) is 9.49. The van der Waals surface area contributed by atoms with Crippen LogP contribution >= 0.6 is 0 Å². The summed E-state index contributed by atoms with van der Waals surface area (Å²) < 4.78 is 48.3. The highest BCUT2D eigenvalue weighted by Gasteiger charge is 2.22. The van der Waals surface area contributed by atoms with Gasteiger partial charge in [-0.15, -0.1) is 0 Å². The second-order valence-corrected chi connectivity index (χ2v) is 9.18. The molecule has 0 saturated carbocycles. The summed E-state index contributed by atoms with van der Waals surface area (Å²) >= 11 is 0. The van der Waals surface area contributed by atoms with Gasteiger partial charge in [0.2, 0.25) is 0 Å². The van der Waals surface area contributed by atoms with Crippen molar-refractivity contribution in [1.29, 1.82) is 0 Å². The average molecular weight is 484 g/mol. The smallest absolute Gasteiger partial charge is 0.169 e. The van der Waals surface area contributed by atoms with Crippen LogP contribution in [0.2, 0.25) is 0 Å². The molecule has 0 bridgehead atoms. The van der Waals surface area contributed by atoms with Crippen LogP contribution in [0.4, 0.5) is 18.9 Å². The Balaban J connectivity index is 1.83. The summed E-state index contributed by atoms with van der Waals surface area (Å²) in [7, 11) is 6.01. The Morgan fingerprint density at radius 2 is 1.77 bits per heavy atom. The number of aliphatic hydroxyl groups is 1. The van der Waals surface area contributed by atoms with Crippen molar-refractivity contribution in [3.8, 4) is 16.9 Å². The third-order valence-corrected chi connectivity index (χ3v) is 5.81. The lowest BCUT2D eigenvalue weighted by molar-refractivity contribution is 0.0993. The van der Waals surface area contributed by atoms with Gasteiger partial charge in [-0.05, 0) is 29.3 Å². The number of aliphatic hydroxyl groups excluding tert-OH is 1. The first-order valence-electron chi connectivity index (χ1n) is 11.1. The standard InChI is InChI=1S/C27H25F3N2O3/c1-32(2,3)18-6-4-5-16(9-18)19-10-17(28)11-27(35-8-7-33)21(19)13-26(34)22-15-31-25-14-24(30)23(29)12-20(22)25/h4-6,9-12,14-15,33H,7-8,13H2,1-3H3/p+1. The summed E-state index contributed by atoms with van der Waals surface area (Å²) in [4.78, 5) is 16.2. The van der Waals surface area contributed by atoms with E-state index in [1.54, 1.807) is 0 Å². The molecule has 35 heavy (non-hydrogen) atoms. The number of halogens is 3. The van der Waals surface area contributed by atoms with Crippen LogP contribution in [0.5, 0.6) is 5.75 Å². The fourth-order valence-electron chi connectivity index (χ4n) is 4.03. The molecule has 4 aromatic rings. The number of rotatable bonds is 8. The van der Waals surface area contributed by atoms with E-state index in [4.69, 9.17) is 4.74 Å². The molecule has 0 unspecified atom stereocenters. The number of H-pyrrole nitrogens is 1. The van der Waals surface area contributed by atoms with Gasteiger partial charge < -0.3 is 14.8 Å². The van der Waals surface area contributed by atoms with Crippen LogP contribution in [-0.2, 0) is 6.42 Å². The van der Waals surface area contributed by atoms with Crippen LogP contribution < -0.4 is 9.22 Å². The number of carbonyl (C=O) groups excluding carboxylic acids is 1. The third-order valence-electron chi connectivity index (χ3n) is 5.81. The lowest BCUT2D eigenvalue weighted by Gasteiger charge is -2.24. The zero-order chi connectivity index (χ0) is 25.3. The number of Topliss-reactive ketones (excluding diaryl/α,β-unsaturated/α-hetero) is 1. The van der Waals surface area contributed by atoms with Crippen LogP contribution in [0.25, 0.3) is 22.0 Å². The largest absolute Gasteiger partial charge is 0.491 e. The summed E-state index contributed by atoms with van der Waals surface area (Å²) in [6.07, 6.45) is 1.22. The van der Waals surface area contributed by atoms with Gasteiger partial charge in [-0.2, -0.15) is 0 Å². The number of quaternary nitrogens is 1. The highest BCUT2D eigenvalue weighted by molar-refractivity contribution is 6.09. The lowest BCUT2D eigenvalue weighted by atomic mass is 9.93. The number of aromatic nitrogens is 1. The van der Waals surface area contributed by atoms with Crippen molar-refractivity contribution in [1.82, 2.24) is 9.47 Å². The number of nitrogens with zero attached hydrogens (tertiary/aromatic N) is 1. The molecule has 5 nitrogen and oxygen atoms in total. The van der Waals surface area contributed by atoms with E-state index in [-0.39, 0.29) is 42.1 Å². The van der Waals surface area contributed by atoms with Gasteiger partial charge in [0.15, 0.2) is 17.4 Å². The fraction of sp³-hybridized carbons (Fsp3) is 0.222. The molecule has 0 amide bonds. The molecule has 2 N–H and O–H groups in total. The molecule has 4 rings (SSSR count). The minimum atomic E-state index is -1.06. The van der Waals surface area contributed by atoms with E-state index in [1.165, 1.54) is 18.3 Å². The first kappa shape index (κ1) is 24.5. The van der Waals surface area contributed by atoms with E-state index >= 15 is 0 Å². The average Bonchev–Trinajstić information content (AvgIpc) is 3.21. The van der Waals surface area contributed by atoms with Crippen molar-refractivity contribution < 1.29 is 27.8 Å². The Morgan fingerprint density at radius 1 is 1.03 bits per heavy atom. The van der Waals surface area contributed by atoms with Crippen molar-refractivity contribution in [3.63, 3.8) is 0 Å². The molecular formula is C27H26F3N2O3+.